The summed E-state index contributed by atoms with van der Waals surface area (Å²) in [6.45, 7) is 5.33. The van der Waals surface area contributed by atoms with Crippen molar-refractivity contribution in [3.8, 4) is 0 Å². The van der Waals surface area contributed by atoms with Crippen LogP contribution in [0.5, 0.6) is 0 Å². The van der Waals surface area contributed by atoms with Crippen LogP contribution in [0.15, 0.2) is 18.2 Å². The molecule has 0 bridgehead atoms. The number of benzene rings is 1. The Hall–Kier alpha value is -2.26. The van der Waals surface area contributed by atoms with Gasteiger partial charge in [0.05, 0.1) is 31.3 Å². The fourth-order valence-electron chi connectivity index (χ4n) is 3.06. The molecule has 2 N–H and O–H groups in total. The number of hydrogen-bond acceptors (Lipinski definition) is 5. The van der Waals surface area contributed by atoms with Crippen molar-refractivity contribution in [1.82, 2.24) is 4.90 Å². The lowest BCUT2D eigenvalue weighted by atomic mass is 9.89. The topological polar surface area (TPSA) is 96.3 Å². The average molecular weight is 401 g/mol. The van der Waals surface area contributed by atoms with Crippen molar-refractivity contribution in [3.05, 3.63) is 35.4 Å². The molecule has 1 heterocycles. The van der Waals surface area contributed by atoms with Gasteiger partial charge in [-0.05, 0) is 44.9 Å². The Labute approximate surface area is 161 Å². The minimum atomic E-state index is -1.53. The molecule has 1 aromatic carbocycles. The van der Waals surface area contributed by atoms with Gasteiger partial charge in [-0.3, -0.25) is 9.69 Å². The van der Waals surface area contributed by atoms with Gasteiger partial charge >= 0.3 is 12.1 Å². The highest BCUT2D eigenvalue weighted by Crippen LogP contribution is 2.24. The summed E-state index contributed by atoms with van der Waals surface area (Å²) < 4.78 is 37.5. The molecule has 0 saturated carbocycles. The number of aliphatic hydroxyl groups is 1. The van der Waals surface area contributed by atoms with E-state index in [-0.39, 0.29) is 31.7 Å². The number of amides is 1. The molecule has 156 valence electrons. The van der Waals surface area contributed by atoms with E-state index in [4.69, 9.17) is 9.47 Å². The van der Waals surface area contributed by atoms with Gasteiger partial charge < -0.3 is 19.7 Å². The molecule has 0 radical (unpaired) electrons. The zero-order valence-electron chi connectivity index (χ0n) is 16.0. The standard InChI is InChI=1S/C19H25F2NO6/c1-19(2,3)28-18(26)22-4-5-27-10-15(22)16(23)14(17(24)25)8-11-6-12(20)9-13(21)7-11/h6-7,9,14-16,23H,4-5,8,10H2,1-3H3,(H,24,25)/t14?,15?,16-/m0/s1. The number of aliphatic carboxylic acids is 1. The van der Waals surface area contributed by atoms with Crippen LogP contribution in [-0.4, -0.2) is 64.7 Å². The Morgan fingerprint density at radius 3 is 2.43 bits per heavy atom. The van der Waals surface area contributed by atoms with E-state index in [0.717, 1.165) is 12.1 Å². The number of nitrogens with zero attached hydrogens (tertiary/aromatic N) is 1. The number of carbonyl (C=O) groups excluding carboxylic acids is 1. The normalized spacial score (nSPS) is 19.8. The fraction of sp³-hybridized carbons (Fsp3) is 0.579. The Morgan fingerprint density at radius 2 is 1.89 bits per heavy atom. The Bertz CT molecular complexity index is 701. The van der Waals surface area contributed by atoms with E-state index >= 15 is 0 Å². The maximum absolute atomic E-state index is 13.4. The molecule has 7 nitrogen and oxygen atoms in total. The Balaban J connectivity index is 2.22. The fourth-order valence-corrected chi connectivity index (χ4v) is 3.06. The number of halogens is 2. The molecule has 1 aliphatic heterocycles. The molecule has 0 aliphatic carbocycles. The predicted octanol–water partition coefficient (Wildman–Crippen LogP) is 2.20. The first kappa shape index (κ1) is 22.0. The molecule has 1 fully saturated rings. The van der Waals surface area contributed by atoms with Gasteiger partial charge in [0.1, 0.15) is 17.2 Å². The van der Waals surface area contributed by atoms with Crippen LogP contribution in [-0.2, 0) is 20.7 Å². The molecule has 1 aromatic rings. The van der Waals surface area contributed by atoms with E-state index in [2.05, 4.69) is 0 Å². The summed E-state index contributed by atoms with van der Waals surface area (Å²) in [6, 6.07) is 1.72. The molecule has 3 atom stereocenters. The summed E-state index contributed by atoms with van der Waals surface area (Å²) in [5.41, 5.74) is -0.680. The lowest BCUT2D eigenvalue weighted by Crippen LogP contribution is -2.57. The maximum atomic E-state index is 13.4. The quantitative estimate of drug-likeness (QED) is 0.785. The number of ether oxygens (including phenoxy) is 2. The number of morpholine rings is 1. The third kappa shape index (κ3) is 5.87. The van der Waals surface area contributed by atoms with Crippen LogP contribution >= 0.6 is 0 Å². The average Bonchev–Trinajstić information content (AvgIpc) is 2.56. The molecular weight excluding hydrogens is 376 g/mol. The van der Waals surface area contributed by atoms with Crippen molar-refractivity contribution in [2.24, 2.45) is 5.92 Å². The van der Waals surface area contributed by atoms with E-state index < -0.39 is 47.4 Å². The van der Waals surface area contributed by atoms with Crippen LogP contribution in [0.25, 0.3) is 0 Å². The number of aliphatic hydroxyl groups excluding tert-OH is 1. The third-order valence-electron chi connectivity index (χ3n) is 4.30. The highest BCUT2D eigenvalue weighted by Gasteiger charge is 2.41. The molecular formula is C19H25F2NO6. The minimum Gasteiger partial charge on any atom is -0.481 e. The summed E-state index contributed by atoms with van der Waals surface area (Å²) >= 11 is 0. The first-order valence-corrected chi connectivity index (χ1v) is 8.91. The van der Waals surface area contributed by atoms with Crippen molar-refractivity contribution < 1.29 is 38.1 Å². The Kier molecular flexibility index (Phi) is 6.95. The van der Waals surface area contributed by atoms with E-state index in [9.17, 15) is 28.6 Å². The molecule has 0 spiro atoms. The van der Waals surface area contributed by atoms with Gasteiger partial charge in [-0.2, -0.15) is 0 Å². The maximum Gasteiger partial charge on any atom is 0.410 e. The van der Waals surface area contributed by atoms with Crippen LogP contribution in [0.1, 0.15) is 26.3 Å². The zero-order chi connectivity index (χ0) is 21.1. The third-order valence-corrected chi connectivity index (χ3v) is 4.30. The summed E-state index contributed by atoms with van der Waals surface area (Å²) in [6.07, 6.45) is -2.54. The van der Waals surface area contributed by atoms with Gasteiger partial charge in [-0.15, -0.1) is 0 Å². The van der Waals surface area contributed by atoms with Crippen molar-refractivity contribution in [2.75, 3.05) is 19.8 Å². The van der Waals surface area contributed by atoms with Crippen LogP contribution < -0.4 is 0 Å². The second kappa shape index (κ2) is 8.83. The molecule has 9 heteroatoms. The number of carbonyl (C=O) groups is 2. The smallest absolute Gasteiger partial charge is 0.410 e. The van der Waals surface area contributed by atoms with Gasteiger partial charge in [0.2, 0.25) is 0 Å². The van der Waals surface area contributed by atoms with Crippen molar-refractivity contribution in [3.63, 3.8) is 0 Å². The first-order valence-electron chi connectivity index (χ1n) is 8.91. The van der Waals surface area contributed by atoms with Gasteiger partial charge in [-0.25, -0.2) is 13.6 Å². The van der Waals surface area contributed by atoms with Crippen LogP contribution in [0, 0.1) is 17.6 Å². The lowest BCUT2D eigenvalue weighted by molar-refractivity contribution is -0.150. The van der Waals surface area contributed by atoms with Gasteiger partial charge in [0, 0.05) is 12.6 Å². The molecule has 1 aliphatic rings. The second-order valence-electron chi connectivity index (χ2n) is 7.73. The summed E-state index contributed by atoms with van der Waals surface area (Å²) in [5, 5.41) is 20.3. The number of rotatable bonds is 5. The van der Waals surface area contributed by atoms with E-state index in [1.54, 1.807) is 20.8 Å². The molecule has 1 amide bonds. The van der Waals surface area contributed by atoms with Crippen LogP contribution in [0.3, 0.4) is 0 Å². The molecule has 0 aromatic heterocycles. The van der Waals surface area contributed by atoms with Crippen LogP contribution in [0.4, 0.5) is 13.6 Å². The second-order valence-corrected chi connectivity index (χ2v) is 7.73. The summed E-state index contributed by atoms with van der Waals surface area (Å²) in [4.78, 5) is 25.4. The zero-order valence-corrected chi connectivity index (χ0v) is 16.0. The highest BCUT2D eigenvalue weighted by molar-refractivity contribution is 5.72. The minimum absolute atomic E-state index is 0.0816. The SMILES string of the molecule is CC(C)(C)OC(=O)N1CCOCC1[C@@H](O)C(Cc1cc(F)cc(F)c1)C(=O)O. The number of carboxylic acid groups (broad SMARTS) is 1. The summed E-state index contributed by atoms with van der Waals surface area (Å²) in [7, 11) is 0. The van der Waals surface area contributed by atoms with Crippen molar-refractivity contribution >= 4 is 12.1 Å². The molecule has 28 heavy (non-hydrogen) atoms. The van der Waals surface area contributed by atoms with Gasteiger partial charge in [-0.1, -0.05) is 0 Å². The number of hydrogen-bond donors (Lipinski definition) is 2. The number of carboxylic acids is 1. The van der Waals surface area contributed by atoms with Crippen molar-refractivity contribution in [2.45, 2.75) is 44.9 Å². The highest BCUT2D eigenvalue weighted by atomic mass is 19.1. The van der Waals surface area contributed by atoms with Crippen LogP contribution in [0.2, 0.25) is 0 Å². The van der Waals surface area contributed by atoms with Gasteiger partial charge in [0.25, 0.3) is 0 Å². The Morgan fingerprint density at radius 1 is 1.29 bits per heavy atom. The molecule has 1 saturated heterocycles. The van der Waals surface area contributed by atoms with Crippen molar-refractivity contribution in [1.29, 1.82) is 0 Å². The predicted molar refractivity (Wildman–Crippen MR) is 94.7 cm³/mol. The first-order chi connectivity index (χ1) is 13.0. The molecule has 2 unspecified atom stereocenters. The van der Waals surface area contributed by atoms with E-state index in [0.29, 0.717) is 6.07 Å². The van der Waals surface area contributed by atoms with E-state index in [1.807, 2.05) is 0 Å². The van der Waals surface area contributed by atoms with Gasteiger partial charge in [0.15, 0.2) is 0 Å². The largest absolute Gasteiger partial charge is 0.481 e. The molecule has 2 rings (SSSR count). The summed E-state index contributed by atoms with van der Waals surface area (Å²) in [5.74, 6) is -4.44. The lowest BCUT2D eigenvalue weighted by Gasteiger charge is -2.40. The monoisotopic (exact) mass is 401 g/mol. The van der Waals surface area contributed by atoms with E-state index in [1.165, 1.54) is 4.90 Å².